The van der Waals surface area contributed by atoms with E-state index in [1.807, 2.05) is 0 Å². The molecule has 0 bridgehead atoms. The molecule has 0 aromatic heterocycles. The third kappa shape index (κ3) is 1.33. The van der Waals surface area contributed by atoms with E-state index >= 15 is 0 Å². The lowest BCUT2D eigenvalue weighted by Gasteiger charge is -2.36. The van der Waals surface area contributed by atoms with Crippen molar-refractivity contribution in [1.82, 2.24) is 4.90 Å². The number of carbonyl (C=O) groups is 2. The standard InChI is InChI=1S/C12H18N2O2/c1-8-9(2)11(16)14(10(8)15)12(7-13)5-3-4-6-12/h3-7,13H2,1-2H3. The normalized spacial score (nSPS) is 24.8. The number of nitrogens with two attached hydrogens (primary N) is 1. The van der Waals surface area contributed by atoms with Crippen molar-refractivity contribution >= 4 is 11.8 Å². The van der Waals surface area contributed by atoms with Crippen LogP contribution in [-0.2, 0) is 9.59 Å². The van der Waals surface area contributed by atoms with Crippen LogP contribution in [0, 0.1) is 0 Å². The van der Waals surface area contributed by atoms with Gasteiger partial charge >= 0.3 is 0 Å². The summed E-state index contributed by atoms with van der Waals surface area (Å²) in [6.07, 6.45) is 3.79. The molecule has 0 radical (unpaired) electrons. The third-order valence-electron chi connectivity index (χ3n) is 4.00. The summed E-state index contributed by atoms with van der Waals surface area (Å²) < 4.78 is 0. The van der Waals surface area contributed by atoms with Crippen molar-refractivity contribution in [2.24, 2.45) is 5.73 Å². The average Bonchev–Trinajstić information content (AvgIpc) is 2.82. The van der Waals surface area contributed by atoms with Gasteiger partial charge in [-0.3, -0.25) is 14.5 Å². The zero-order chi connectivity index (χ0) is 11.9. The van der Waals surface area contributed by atoms with Crippen LogP contribution in [0.25, 0.3) is 0 Å². The molecule has 0 aromatic rings. The Bertz CT molecular complexity index is 354. The number of hydrogen-bond donors (Lipinski definition) is 1. The van der Waals surface area contributed by atoms with Crippen LogP contribution in [0.3, 0.4) is 0 Å². The molecular weight excluding hydrogens is 204 g/mol. The maximum atomic E-state index is 12.1. The molecule has 0 unspecified atom stereocenters. The summed E-state index contributed by atoms with van der Waals surface area (Å²) in [5, 5.41) is 0. The van der Waals surface area contributed by atoms with Crippen molar-refractivity contribution in [3.8, 4) is 0 Å². The van der Waals surface area contributed by atoms with Gasteiger partial charge in [-0.25, -0.2) is 0 Å². The summed E-state index contributed by atoms with van der Waals surface area (Å²) in [5.41, 5.74) is 6.54. The maximum Gasteiger partial charge on any atom is 0.257 e. The van der Waals surface area contributed by atoms with E-state index in [1.165, 1.54) is 4.90 Å². The van der Waals surface area contributed by atoms with E-state index in [1.54, 1.807) is 13.8 Å². The van der Waals surface area contributed by atoms with E-state index in [-0.39, 0.29) is 11.8 Å². The number of nitrogens with zero attached hydrogens (tertiary/aromatic N) is 1. The van der Waals surface area contributed by atoms with Crippen LogP contribution in [0.5, 0.6) is 0 Å². The highest BCUT2D eigenvalue weighted by molar-refractivity contribution is 6.19. The van der Waals surface area contributed by atoms with Gasteiger partial charge in [0, 0.05) is 17.7 Å². The van der Waals surface area contributed by atoms with Gasteiger partial charge in [-0.05, 0) is 26.7 Å². The summed E-state index contributed by atoms with van der Waals surface area (Å²) >= 11 is 0. The van der Waals surface area contributed by atoms with E-state index in [2.05, 4.69) is 0 Å². The fourth-order valence-electron chi connectivity index (χ4n) is 2.73. The van der Waals surface area contributed by atoms with E-state index in [4.69, 9.17) is 5.73 Å². The molecule has 1 heterocycles. The first-order valence-electron chi connectivity index (χ1n) is 5.80. The van der Waals surface area contributed by atoms with Crippen molar-refractivity contribution in [2.75, 3.05) is 6.54 Å². The van der Waals surface area contributed by atoms with Gasteiger partial charge in [0.05, 0.1) is 5.54 Å². The molecule has 4 heteroatoms. The monoisotopic (exact) mass is 222 g/mol. The van der Waals surface area contributed by atoms with E-state index in [9.17, 15) is 9.59 Å². The molecule has 0 saturated heterocycles. The molecule has 88 valence electrons. The molecule has 2 rings (SSSR count). The zero-order valence-corrected chi connectivity index (χ0v) is 9.88. The number of imide groups is 1. The Morgan fingerprint density at radius 3 is 1.94 bits per heavy atom. The van der Waals surface area contributed by atoms with Crippen LogP contribution >= 0.6 is 0 Å². The number of rotatable bonds is 2. The van der Waals surface area contributed by atoms with Gasteiger partial charge in [0.15, 0.2) is 0 Å². The summed E-state index contributed by atoms with van der Waals surface area (Å²) in [6.45, 7) is 3.81. The number of hydrogen-bond acceptors (Lipinski definition) is 3. The van der Waals surface area contributed by atoms with E-state index in [0.717, 1.165) is 25.7 Å². The maximum absolute atomic E-state index is 12.1. The molecule has 0 spiro atoms. The summed E-state index contributed by atoms with van der Waals surface area (Å²) in [4.78, 5) is 25.6. The highest BCUT2D eigenvalue weighted by atomic mass is 16.2. The Kier molecular flexibility index (Phi) is 2.62. The van der Waals surface area contributed by atoms with Gasteiger partial charge in [0.2, 0.25) is 0 Å². The quantitative estimate of drug-likeness (QED) is 0.708. The lowest BCUT2D eigenvalue weighted by molar-refractivity contribution is -0.144. The van der Waals surface area contributed by atoms with Crippen LogP contribution in [0.15, 0.2) is 11.1 Å². The van der Waals surface area contributed by atoms with Crippen molar-refractivity contribution in [1.29, 1.82) is 0 Å². The molecule has 2 N–H and O–H groups in total. The lowest BCUT2D eigenvalue weighted by atomic mass is 9.95. The fraction of sp³-hybridized carbons (Fsp3) is 0.667. The van der Waals surface area contributed by atoms with E-state index < -0.39 is 5.54 Å². The Labute approximate surface area is 95.5 Å². The highest BCUT2D eigenvalue weighted by Crippen LogP contribution is 2.38. The van der Waals surface area contributed by atoms with Gasteiger partial charge in [-0.2, -0.15) is 0 Å². The van der Waals surface area contributed by atoms with Crippen LogP contribution in [0.2, 0.25) is 0 Å². The summed E-state index contributed by atoms with van der Waals surface area (Å²) in [7, 11) is 0. The molecular formula is C12H18N2O2. The average molecular weight is 222 g/mol. The predicted molar refractivity (Wildman–Crippen MR) is 60.5 cm³/mol. The molecule has 1 fully saturated rings. The van der Waals surface area contributed by atoms with Crippen molar-refractivity contribution < 1.29 is 9.59 Å². The molecule has 0 aromatic carbocycles. The van der Waals surface area contributed by atoms with Crippen molar-refractivity contribution in [3.05, 3.63) is 11.1 Å². The second kappa shape index (κ2) is 3.70. The summed E-state index contributed by atoms with van der Waals surface area (Å²) in [6, 6.07) is 0. The number of carbonyl (C=O) groups excluding carboxylic acids is 2. The van der Waals surface area contributed by atoms with Crippen LogP contribution in [0.4, 0.5) is 0 Å². The van der Waals surface area contributed by atoms with Crippen LogP contribution < -0.4 is 5.73 Å². The van der Waals surface area contributed by atoms with Crippen LogP contribution in [-0.4, -0.2) is 28.8 Å². The van der Waals surface area contributed by atoms with Crippen molar-refractivity contribution in [2.45, 2.75) is 45.1 Å². The molecule has 0 atom stereocenters. The van der Waals surface area contributed by atoms with Crippen molar-refractivity contribution in [3.63, 3.8) is 0 Å². The predicted octanol–water partition coefficient (Wildman–Crippen LogP) is 0.963. The van der Waals surface area contributed by atoms with Gasteiger partial charge in [-0.15, -0.1) is 0 Å². The van der Waals surface area contributed by atoms with Gasteiger partial charge in [0.25, 0.3) is 11.8 Å². The van der Waals surface area contributed by atoms with Crippen LogP contribution in [0.1, 0.15) is 39.5 Å². The second-order valence-corrected chi connectivity index (χ2v) is 4.83. The molecule has 2 amide bonds. The molecule has 16 heavy (non-hydrogen) atoms. The Morgan fingerprint density at radius 2 is 1.56 bits per heavy atom. The molecule has 1 aliphatic heterocycles. The van der Waals surface area contributed by atoms with Gasteiger partial charge < -0.3 is 5.73 Å². The van der Waals surface area contributed by atoms with Gasteiger partial charge in [-0.1, -0.05) is 12.8 Å². The number of amides is 2. The van der Waals surface area contributed by atoms with Gasteiger partial charge in [0.1, 0.15) is 0 Å². The Morgan fingerprint density at radius 1 is 1.12 bits per heavy atom. The minimum atomic E-state index is -0.410. The summed E-state index contributed by atoms with van der Waals surface area (Å²) in [5.74, 6) is -0.287. The third-order valence-corrected chi connectivity index (χ3v) is 4.00. The molecule has 2 aliphatic rings. The fourth-order valence-corrected chi connectivity index (χ4v) is 2.73. The molecule has 1 aliphatic carbocycles. The first-order chi connectivity index (χ1) is 7.53. The minimum absolute atomic E-state index is 0.144. The lowest BCUT2D eigenvalue weighted by Crippen LogP contribution is -2.55. The second-order valence-electron chi connectivity index (χ2n) is 4.83. The minimum Gasteiger partial charge on any atom is -0.328 e. The Hall–Kier alpha value is -1.16. The SMILES string of the molecule is CC1=C(C)C(=O)N(C2(CN)CCCC2)C1=O. The van der Waals surface area contributed by atoms with E-state index in [0.29, 0.717) is 17.7 Å². The highest BCUT2D eigenvalue weighted by Gasteiger charge is 2.48. The Balaban J connectivity index is 2.36. The molecule has 4 nitrogen and oxygen atoms in total. The molecule has 1 saturated carbocycles. The largest absolute Gasteiger partial charge is 0.328 e. The topological polar surface area (TPSA) is 63.4 Å². The zero-order valence-electron chi connectivity index (χ0n) is 9.88. The first-order valence-corrected chi connectivity index (χ1v) is 5.80. The smallest absolute Gasteiger partial charge is 0.257 e. The first kappa shape index (κ1) is 11.3.